The maximum absolute atomic E-state index is 12.7. The zero-order valence-electron chi connectivity index (χ0n) is 16.8. The molecule has 0 radical (unpaired) electrons. The Morgan fingerprint density at radius 3 is 2.67 bits per heavy atom. The lowest BCUT2D eigenvalue weighted by molar-refractivity contribution is -0.109. The number of ether oxygens (including phenoxy) is 1. The lowest BCUT2D eigenvalue weighted by Gasteiger charge is -2.22. The third kappa shape index (κ3) is 3.72. The molecule has 0 amide bonds. The quantitative estimate of drug-likeness (QED) is 0.509. The van der Waals surface area contributed by atoms with Gasteiger partial charge in [0.05, 0.1) is 23.0 Å². The highest BCUT2D eigenvalue weighted by atomic mass is 16.6. The molecule has 4 rings (SSSR count). The molecule has 0 spiro atoms. The maximum Gasteiger partial charge on any atom is 0.342 e. The minimum absolute atomic E-state index is 0.234. The number of rotatable bonds is 5. The summed E-state index contributed by atoms with van der Waals surface area (Å²) in [6.45, 7) is 5.35. The van der Waals surface area contributed by atoms with Crippen molar-refractivity contribution >= 4 is 29.0 Å². The largest absolute Gasteiger partial charge is 0.456 e. The molecule has 9 nitrogen and oxygen atoms in total. The molecule has 3 aromatic heterocycles. The van der Waals surface area contributed by atoms with Gasteiger partial charge in [-0.1, -0.05) is 0 Å². The summed E-state index contributed by atoms with van der Waals surface area (Å²) in [5.74, 6) is -0.119. The van der Waals surface area contributed by atoms with Crippen LogP contribution in [0.1, 0.15) is 49.5 Å². The molecule has 3 heterocycles. The number of nitriles is 1. The third-order valence-corrected chi connectivity index (χ3v) is 4.66. The molecule has 1 aliphatic rings. The van der Waals surface area contributed by atoms with Gasteiger partial charge in [-0.05, 0) is 39.7 Å². The lowest BCUT2D eigenvalue weighted by Crippen LogP contribution is -2.27. The Kier molecular flexibility index (Phi) is 4.50. The Balaban J connectivity index is 1.78. The van der Waals surface area contributed by atoms with Gasteiger partial charge >= 0.3 is 5.97 Å². The van der Waals surface area contributed by atoms with E-state index in [4.69, 9.17) is 10.00 Å². The Morgan fingerprint density at radius 1 is 1.27 bits per heavy atom. The van der Waals surface area contributed by atoms with Crippen molar-refractivity contribution < 1.29 is 14.3 Å². The molecule has 30 heavy (non-hydrogen) atoms. The van der Waals surface area contributed by atoms with Gasteiger partial charge in [0.1, 0.15) is 23.5 Å². The molecule has 1 aliphatic carbocycles. The van der Waals surface area contributed by atoms with Crippen molar-refractivity contribution in [3.63, 3.8) is 0 Å². The molecule has 0 aromatic carbocycles. The van der Waals surface area contributed by atoms with E-state index in [2.05, 4.69) is 20.4 Å². The Labute approximate surface area is 172 Å². The average Bonchev–Trinajstić information content (AvgIpc) is 3.35. The minimum Gasteiger partial charge on any atom is -0.456 e. The summed E-state index contributed by atoms with van der Waals surface area (Å²) in [6, 6.07) is 5.38. The Morgan fingerprint density at radius 2 is 2.03 bits per heavy atom. The van der Waals surface area contributed by atoms with Gasteiger partial charge < -0.3 is 14.8 Å². The fourth-order valence-electron chi connectivity index (χ4n) is 2.98. The third-order valence-electron chi connectivity index (χ3n) is 4.66. The van der Waals surface area contributed by atoms with E-state index in [9.17, 15) is 9.59 Å². The number of hydrogen-bond acceptors (Lipinski definition) is 8. The maximum atomic E-state index is 12.7. The van der Waals surface area contributed by atoms with Gasteiger partial charge in [0.2, 0.25) is 0 Å². The number of nitrogens with zero attached hydrogens (tertiary/aromatic N) is 5. The SMILES string of the molecule is CC(C)(C)OC(=O)c1cnc(-n2ncc3cc(C#N)cnc32)cc1NC1(C=O)CC1. The molecule has 0 atom stereocenters. The van der Waals surface area contributed by atoms with Crippen LogP contribution in [0, 0.1) is 11.3 Å². The second-order valence-electron chi connectivity index (χ2n) is 8.29. The average molecular weight is 404 g/mol. The van der Waals surface area contributed by atoms with Crippen molar-refractivity contribution in [2.45, 2.75) is 44.8 Å². The highest BCUT2D eigenvalue weighted by molar-refractivity contribution is 5.97. The first-order valence-corrected chi connectivity index (χ1v) is 9.46. The zero-order valence-corrected chi connectivity index (χ0v) is 16.8. The van der Waals surface area contributed by atoms with E-state index in [1.165, 1.54) is 17.1 Å². The molecule has 0 bridgehead atoms. The van der Waals surface area contributed by atoms with Gasteiger partial charge in [-0.15, -0.1) is 0 Å². The van der Waals surface area contributed by atoms with E-state index in [-0.39, 0.29) is 5.56 Å². The normalized spacial score (nSPS) is 14.7. The van der Waals surface area contributed by atoms with Gasteiger partial charge in [-0.25, -0.2) is 14.8 Å². The van der Waals surface area contributed by atoms with Gasteiger partial charge in [0.25, 0.3) is 0 Å². The summed E-state index contributed by atoms with van der Waals surface area (Å²) in [4.78, 5) is 32.9. The number of carbonyl (C=O) groups excluding carboxylic acids is 2. The molecule has 1 fully saturated rings. The summed E-state index contributed by atoms with van der Waals surface area (Å²) in [5.41, 5.74) is 0.277. The minimum atomic E-state index is -0.679. The second kappa shape index (κ2) is 6.91. The first kappa shape index (κ1) is 19.5. The van der Waals surface area contributed by atoms with Crippen LogP contribution in [0.5, 0.6) is 0 Å². The van der Waals surface area contributed by atoms with E-state index in [0.29, 0.717) is 40.9 Å². The van der Waals surface area contributed by atoms with Crippen LogP contribution in [0.3, 0.4) is 0 Å². The number of esters is 1. The molecule has 1 N–H and O–H groups in total. The van der Waals surface area contributed by atoms with Crippen molar-refractivity contribution in [3.05, 3.63) is 41.9 Å². The number of aromatic nitrogens is 4. The molecule has 3 aromatic rings. The number of aldehydes is 1. The van der Waals surface area contributed by atoms with E-state index in [1.54, 1.807) is 39.1 Å². The fourth-order valence-corrected chi connectivity index (χ4v) is 2.98. The number of nitrogens with one attached hydrogen (secondary N) is 1. The summed E-state index contributed by atoms with van der Waals surface area (Å²) >= 11 is 0. The highest BCUT2D eigenvalue weighted by Gasteiger charge is 2.43. The first-order valence-electron chi connectivity index (χ1n) is 9.46. The predicted octanol–water partition coefficient (Wildman–Crippen LogP) is 2.79. The number of carbonyl (C=O) groups is 2. The van der Waals surface area contributed by atoms with Gasteiger partial charge in [0, 0.05) is 23.8 Å². The predicted molar refractivity (Wildman–Crippen MR) is 108 cm³/mol. The van der Waals surface area contributed by atoms with Crippen molar-refractivity contribution in [1.29, 1.82) is 5.26 Å². The van der Waals surface area contributed by atoms with Gasteiger partial charge in [0.15, 0.2) is 11.5 Å². The van der Waals surface area contributed by atoms with Crippen molar-refractivity contribution in [2.24, 2.45) is 0 Å². The van der Waals surface area contributed by atoms with E-state index in [0.717, 1.165) is 6.29 Å². The zero-order chi connectivity index (χ0) is 21.5. The van der Waals surface area contributed by atoms with Gasteiger partial charge in [-0.3, -0.25) is 0 Å². The highest BCUT2D eigenvalue weighted by Crippen LogP contribution is 2.38. The van der Waals surface area contributed by atoms with Crippen LogP contribution < -0.4 is 5.32 Å². The number of hydrogen-bond donors (Lipinski definition) is 1. The molecule has 0 saturated heterocycles. The topological polar surface area (TPSA) is 123 Å². The van der Waals surface area contributed by atoms with E-state index >= 15 is 0 Å². The van der Waals surface area contributed by atoms with Crippen LogP contribution >= 0.6 is 0 Å². The summed E-state index contributed by atoms with van der Waals surface area (Å²) in [5, 5.41) is 17.2. The van der Waals surface area contributed by atoms with Crippen molar-refractivity contribution in [3.8, 4) is 11.9 Å². The number of pyridine rings is 2. The summed E-state index contributed by atoms with van der Waals surface area (Å²) in [6.07, 6.45) is 6.69. The standard InChI is InChI=1S/C21H20N6O3/c1-20(2,3)30-19(29)15-11-23-17(7-16(15)26-21(12-28)4-5-21)27-18-14(10-25-27)6-13(8-22)9-24-18/h6-7,9-12H,4-5H2,1-3H3,(H,23,26). The number of anilines is 1. The van der Waals surface area contributed by atoms with Crippen molar-refractivity contribution in [1.82, 2.24) is 19.7 Å². The Bertz CT molecular complexity index is 1200. The van der Waals surface area contributed by atoms with Crippen LogP contribution in [0.4, 0.5) is 5.69 Å². The monoisotopic (exact) mass is 404 g/mol. The van der Waals surface area contributed by atoms with Crippen LogP contribution in [0.25, 0.3) is 16.9 Å². The van der Waals surface area contributed by atoms with Crippen molar-refractivity contribution in [2.75, 3.05) is 5.32 Å². The number of fused-ring (bicyclic) bond motifs is 1. The van der Waals surface area contributed by atoms with E-state index in [1.807, 2.05) is 6.07 Å². The second-order valence-corrected chi connectivity index (χ2v) is 8.29. The Hall–Kier alpha value is -3.80. The smallest absolute Gasteiger partial charge is 0.342 e. The van der Waals surface area contributed by atoms with Gasteiger partial charge in [-0.2, -0.15) is 15.0 Å². The molecule has 1 saturated carbocycles. The van der Waals surface area contributed by atoms with Crippen LogP contribution in [0.15, 0.2) is 30.7 Å². The molecule has 0 unspecified atom stereocenters. The molecular formula is C21H20N6O3. The summed E-state index contributed by atoms with van der Waals surface area (Å²) < 4.78 is 7.00. The lowest BCUT2D eigenvalue weighted by atomic mass is 10.1. The van der Waals surface area contributed by atoms with Crippen LogP contribution in [-0.4, -0.2) is 43.1 Å². The fraction of sp³-hybridized carbons (Fsp3) is 0.333. The van der Waals surface area contributed by atoms with Crippen LogP contribution in [-0.2, 0) is 9.53 Å². The van der Waals surface area contributed by atoms with E-state index < -0.39 is 17.1 Å². The molecule has 152 valence electrons. The van der Waals surface area contributed by atoms with Crippen LogP contribution in [0.2, 0.25) is 0 Å². The molecule has 9 heteroatoms. The molecule has 0 aliphatic heterocycles. The molecular weight excluding hydrogens is 384 g/mol. The first-order chi connectivity index (χ1) is 14.2. The summed E-state index contributed by atoms with van der Waals surface area (Å²) in [7, 11) is 0.